The third kappa shape index (κ3) is 2.30. The van der Waals surface area contributed by atoms with Crippen LogP contribution in [0.25, 0.3) is 11.1 Å². The van der Waals surface area contributed by atoms with E-state index >= 15 is 0 Å². The molecule has 0 bridgehead atoms. The van der Waals surface area contributed by atoms with Gasteiger partial charge in [-0.2, -0.15) is 5.26 Å². The molecule has 4 nitrogen and oxygen atoms in total. The average molecular weight is 238 g/mol. The summed E-state index contributed by atoms with van der Waals surface area (Å²) in [6.45, 7) is 0. The SMILES string of the molecule is N#Cc1ccc(-c2cc(N)cc(C(=O)O)c2)cc1. The van der Waals surface area contributed by atoms with E-state index in [1.165, 1.54) is 6.07 Å². The number of rotatable bonds is 2. The second-order valence-corrected chi connectivity index (χ2v) is 3.84. The van der Waals surface area contributed by atoms with Crippen LogP contribution in [-0.2, 0) is 0 Å². The number of hydrogen-bond acceptors (Lipinski definition) is 3. The lowest BCUT2D eigenvalue weighted by Crippen LogP contribution is -1.98. The highest BCUT2D eigenvalue weighted by Crippen LogP contribution is 2.24. The van der Waals surface area contributed by atoms with E-state index in [1.807, 2.05) is 6.07 Å². The number of anilines is 1. The molecule has 0 amide bonds. The molecule has 0 atom stereocenters. The second kappa shape index (κ2) is 4.60. The van der Waals surface area contributed by atoms with Crippen LogP contribution in [0.1, 0.15) is 15.9 Å². The Morgan fingerprint density at radius 2 is 1.78 bits per heavy atom. The predicted molar refractivity (Wildman–Crippen MR) is 68.0 cm³/mol. The number of carbonyl (C=O) groups is 1. The summed E-state index contributed by atoms with van der Waals surface area (Å²) in [4.78, 5) is 10.9. The number of carboxylic acid groups (broad SMARTS) is 1. The Kier molecular flexibility index (Phi) is 2.98. The van der Waals surface area contributed by atoms with Gasteiger partial charge in [-0.15, -0.1) is 0 Å². The predicted octanol–water partition coefficient (Wildman–Crippen LogP) is 2.51. The van der Waals surface area contributed by atoms with E-state index in [0.29, 0.717) is 11.3 Å². The van der Waals surface area contributed by atoms with Crippen LogP contribution in [0.5, 0.6) is 0 Å². The molecule has 0 aliphatic carbocycles. The Hall–Kier alpha value is -2.80. The molecule has 3 N–H and O–H groups in total. The summed E-state index contributed by atoms with van der Waals surface area (Å²) in [5.41, 5.74) is 8.32. The Labute approximate surface area is 104 Å². The average Bonchev–Trinajstić information content (AvgIpc) is 2.38. The van der Waals surface area contributed by atoms with Gasteiger partial charge < -0.3 is 10.8 Å². The smallest absolute Gasteiger partial charge is 0.335 e. The zero-order valence-corrected chi connectivity index (χ0v) is 9.42. The van der Waals surface area contributed by atoms with Crippen LogP contribution in [0, 0.1) is 11.3 Å². The van der Waals surface area contributed by atoms with Crippen LogP contribution >= 0.6 is 0 Å². The van der Waals surface area contributed by atoms with Crippen molar-refractivity contribution in [3.8, 4) is 17.2 Å². The van der Waals surface area contributed by atoms with Gasteiger partial charge in [0.25, 0.3) is 0 Å². The van der Waals surface area contributed by atoms with E-state index in [9.17, 15) is 4.79 Å². The summed E-state index contributed by atoms with van der Waals surface area (Å²) in [6.07, 6.45) is 0. The first kappa shape index (κ1) is 11.7. The normalized spacial score (nSPS) is 9.72. The van der Waals surface area contributed by atoms with Crippen LogP contribution in [0.4, 0.5) is 5.69 Å². The first-order valence-corrected chi connectivity index (χ1v) is 5.24. The van der Waals surface area contributed by atoms with Crippen LogP contribution < -0.4 is 5.73 Å². The number of hydrogen-bond donors (Lipinski definition) is 2. The van der Waals surface area contributed by atoms with Gasteiger partial charge in [-0.3, -0.25) is 0 Å². The van der Waals surface area contributed by atoms with Crippen molar-refractivity contribution in [2.24, 2.45) is 0 Å². The number of nitrogens with zero attached hydrogens (tertiary/aromatic N) is 1. The van der Waals surface area contributed by atoms with Crippen molar-refractivity contribution in [2.75, 3.05) is 5.73 Å². The molecule has 2 aromatic carbocycles. The van der Waals surface area contributed by atoms with E-state index in [0.717, 1.165) is 11.1 Å². The fraction of sp³-hybridized carbons (Fsp3) is 0. The Bertz CT molecular complexity index is 640. The molecule has 0 fully saturated rings. The monoisotopic (exact) mass is 238 g/mol. The van der Waals surface area contributed by atoms with Gasteiger partial charge in [-0.25, -0.2) is 4.79 Å². The lowest BCUT2D eigenvalue weighted by Gasteiger charge is -2.05. The van der Waals surface area contributed by atoms with Crippen molar-refractivity contribution in [3.05, 3.63) is 53.6 Å². The molecule has 0 aliphatic heterocycles. The van der Waals surface area contributed by atoms with Crippen LogP contribution in [-0.4, -0.2) is 11.1 Å². The first-order chi connectivity index (χ1) is 8.60. The maximum atomic E-state index is 10.9. The Balaban J connectivity index is 2.50. The summed E-state index contributed by atoms with van der Waals surface area (Å²) in [7, 11) is 0. The van der Waals surface area contributed by atoms with E-state index in [2.05, 4.69) is 0 Å². The second-order valence-electron chi connectivity index (χ2n) is 3.84. The van der Waals surface area contributed by atoms with Crippen molar-refractivity contribution in [1.82, 2.24) is 0 Å². The number of aromatic carboxylic acids is 1. The van der Waals surface area contributed by atoms with Gasteiger partial charge in [0.2, 0.25) is 0 Å². The van der Waals surface area contributed by atoms with Gasteiger partial charge >= 0.3 is 5.97 Å². The first-order valence-electron chi connectivity index (χ1n) is 5.24. The topological polar surface area (TPSA) is 87.1 Å². The third-order valence-corrected chi connectivity index (χ3v) is 2.55. The largest absolute Gasteiger partial charge is 0.478 e. The number of nitriles is 1. The highest BCUT2D eigenvalue weighted by Gasteiger charge is 2.07. The van der Waals surface area contributed by atoms with Crippen LogP contribution in [0.15, 0.2) is 42.5 Å². The van der Waals surface area contributed by atoms with E-state index in [1.54, 1.807) is 36.4 Å². The molecule has 0 aliphatic rings. The number of nitrogens with two attached hydrogens (primary N) is 1. The zero-order chi connectivity index (χ0) is 13.1. The molecule has 0 saturated heterocycles. The van der Waals surface area contributed by atoms with Gasteiger partial charge in [0.15, 0.2) is 0 Å². The fourth-order valence-electron chi connectivity index (χ4n) is 1.68. The third-order valence-electron chi connectivity index (χ3n) is 2.55. The van der Waals surface area contributed by atoms with Crippen LogP contribution in [0.3, 0.4) is 0 Å². The van der Waals surface area contributed by atoms with Crippen molar-refractivity contribution in [2.45, 2.75) is 0 Å². The van der Waals surface area contributed by atoms with E-state index < -0.39 is 5.97 Å². The molecule has 18 heavy (non-hydrogen) atoms. The van der Waals surface area contributed by atoms with Crippen LogP contribution in [0.2, 0.25) is 0 Å². The standard InChI is InChI=1S/C14H10N2O2/c15-8-9-1-3-10(4-2-9)11-5-12(14(17)18)7-13(16)6-11/h1-7H,16H2,(H,17,18). The molecule has 2 rings (SSSR count). The highest BCUT2D eigenvalue weighted by molar-refractivity contribution is 5.91. The molecule has 0 aromatic heterocycles. The highest BCUT2D eigenvalue weighted by atomic mass is 16.4. The molecule has 0 spiro atoms. The summed E-state index contributed by atoms with van der Waals surface area (Å²) in [5.74, 6) is -1.02. The van der Waals surface area contributed by atoms with Crippen molar-refractivity contribution < 1.29 is 9.90 Å². The lowest BCUT2D eigenvalue weighted by atomic mass is 10.0. The molecular weight excluding hydrogens is 228 g/mol. The van der Waals surface area contributed by atoms with Gasteiger partial charge in [-0.05, 0) is 41.5 Å². The molecule has 0 unspecified atom stereocenters. The lowest BCUT2D eigenvalue weighted by molar-refractivity contribution is 0.0697. The van der Waals surface area contributed by atoms with Gasteiger partial charge in [0, 0.05) is 5.69 Å². The molecular formula is C14H10N2O2. The summed E-state index contributed by atoms with van der Waals surface area (Å²) in [6, 6.07) is 13.6. The van der Waals surface area contributed by atoms with Gasteiger partial charge in [-0.1, -0.05) is 12.1 Å². The van der Waals surface area contributed by atoms with Crippen molar-refractivity contribution in [3.63, 3.8) is 0 Å². The molecule has 88 valence electrons. The summed E-state index contributed by atoms with van der Waals surface area (Å²) in [5, 5.41) is 17.7. The number of carboxylic acids is 1. The molecule has 0 radical (unpaired) electrons. The minimum atomic E-state index is -1.02. The molecule has 0 saturated carbocycles. The van der Waals surface area contributed by atoms with Crippen molar-refractivity contribution >= 4 is 11.7 Å². The van der Waals surface area contributed by atoms with Gasteiger partial charge in [0.1, 0.15) is 0 Å². The molecule has 0 heterocycles. The molecule has 2 aromatic rings. The van der Waals surface area contributed by atoms with E-state index in [-0.39, 0.29) is 5.56 Å². The Morgan fingerprint density at radius 1 is 1.11 bits per heavy atom. The minimum absolute atomic E-state index is 0.148. The zero-order valence-electron chi connectivity index (χ0n) is 9.42. The quantitative estimate of drug-likeness (QED) is 0.787. The summed E-state index contributed by atoms with van der Waals surface area (Å²) < 4.78 is 0. The van der Waals surface area contributed by atoms with Crippen molar-refractivity contribution in [1.29, 1.82) is 5.26 Å². The molecule has 4 heteroatoms. The van der Waals surface area contributed by atoms with Gasteiger partial charge in [0.05, 0.1) is 17.2 Å². The summed E-state index contributed by atoms with van der Waals surface area (Å²) >= 11 is 0. The number of nitrogen functional groups attached to an aromatic ring is 1. The fourth-order valence-corrected chi connectivity index (χ4v) is 1.68. The Morgan fingerprint density at radius 3 is 2.33 bits per heavy atom. The maximum Gasteiger partial charge on any atom is 0.335 e. The van der Waals surface area contributed by atoms with E-state index in [4.69, 9.17) is 16.1 Å². The minimum Gasteiger partial charge on any atom is -0.478 e. The number of benzene rings is 2. The maximum absolute atomic E-state index is 10.9.